The summed E-state index contributed by atoms with van der Waals surface area (Å²) in [4.78, 5) is 9.25. The zero-order valence-corrected chi connectivity index (χ0v) is 18.5. The van der Waals surface area contributed by atoms with Gasteiger partial charge in [0.25, 0.3) is 0 Å². The maximum Gasteiger partial charge on any atom is 0.244 e. The van der Waals surface area contributed by atoms with Crippen molar-refractivity contribution in [1.29, 1.82) is 0 Å². The topological polar surface area (TPSA) is 82.8 Å². The van der Waals surface area contributed by atoms with Crippen LogP contribution in [0.3, 0.4) is 0 Å². The van der Waals surface area contributed by atoms with Crippen LogP contribution in [0, 0.1) is 6.92 Å². The highest BCUT2D eigenvalue weighted by Crippen LogP contribution is 2.23. The number of piperazine rings is 1. The minimum atomic E-state index is -3.11. The minimum absolute atomic E-state index is 0.0537. The van der Waals surface area contributed by atoms with E-state index in [0.717, 1.165) is 38.3 Å². The highest BCUT2D eigenvalue weighted by atomic mass is 32.2. The molecule has 1 aromatic heterocycles. The fraction of sp³-hybridized carbons (Fsp3) is 0.600. The molecule has 1 atom stereocenters. The summed E-state index contributed by atoms with van der Waals surface area (Å²) in [6.07, 6.45) is 0.652. The Morgan fingerprint density at radius 2 is 1.79 bits per heavy atom. The van der Waals surface area contributed by atoms with Crippen LogP contribution in [0.4, 0.5) is 0 Å². The van der Waals surface area contributed by atoms with Crippen LogP contribution in [-0.4, -0.2) is 85.2 Å². The molecule has 29 heavy (non-hydrogen) atoms. The van der Waals surface area contributed by atoms with Gasteiger partial charge in [-0.2, -0.15) is 4.98 Å². The van der Waals surface area contributed by atoms with Crippen LogP contribution in [-0.2, 0) is 10.0 Å². The Labute approximate surface area is 173 Å². The SMILES string of the molecule is Cc1ccc(-c2noc(C(C)N3CCN(CCCS(=O)(=O)N(C)C)CC3)n2)cc1. The van der Waals surface area contributed by atoms with E-state index in [1.807, 2.05) is 31.2 Å². The second-order valence-corrected chi connectivity index (χ2v) is 10.1. The zero-order chi connectivity index (χ0) is 21.0. The minimum Gasteiger partial charge on any atom is -0.337 e. The Kier molecular flexibility index (Phi) is 7.05. The average molecular weight is 422 g/mol. The highest BCUT2D eigenvalue weighted by molar-refractivity contribution is 7.89. The monoisotopic (exact) mass is 421 g/mol. The molecule has 1 aliphatic rings. The summed E-state index contributed by atoms with van der Waals surface area (Å²) in [6.45, 7) is 8.54. The lowest BCUT2D eigenvalue weighted by atomic mass is 10.1. The summed E-state index contributed by atoms with van der Waals surface area (Å²) in [5.74, 6) is 1.44. The molecule has 9 heteroatoms. The third kappa shape index (κ3) is 5.63. The summed E-state index contributed by atoms with van der Waals surface area (Å²) in [5, 5.41) is 4.14. The van der Waals surface area contributed by atoms with Crippen LogP contribution in [0.15, 0.2) is 28.8 Å². The van der Waals surface area contributed by atoms with Crippen LogP contribution in [0.2, 0.25) is 0 Å². The number of rotatable bonds is 8. The first-order chi connectivity index (χ1) is 13.8. The fourth-order valence-corrected chi connectivity index (χ4v) is 4.27. The molecule has 2 aromatic rings. The van der Waals surface area contributed by atoms with Crippen molar-refractivity contribution < 1.29 is 12.9 Å². The van der Waals surface area contributed by atoms with Gasteiger partial charge in [0.1, 0.15) is 0 Å². The zero-order valence-electron chi connectivity index (χ0n) is 17.7. The van der Waals surface area contributed by atoms with E-state index < -0.39 is 10.0 Å². The van der Waals surface area contributed by atoms with Crippen LogP contribution in [0.1, 0.15) is 30.8 Å². The highest BCUT2D eigenvalue weighted by Gasteiger charge is 2.26. The average Bonchev–Trinajstić information content (AvgIpc) is 3.18. The van der Waals surface area contributed by atoms with E-state index in [1.165, 1.54) is 9.87 Å². The van der Waals surface area contributed by atoms with Crippen molar-refractivity contribution in [3.05, 3.63) is 35.7 Å². The first-order valence-corrected chi connectivity index (χ1v) is 11.6. The molecule has 0 aliphatic carbocycles. The molecule has 0 spiro atoms. The van der Waals surface area contributed by atoms with Crippen LogP contribution < -0.4 is 0 Å². The van der Waals surface area contributed by atoms with E-state index in [2.05, 4.69) is 26.9 Å². The summed E-state index contributed by atoms with van der Waals surface area (Å²) in [7, 11) is 0.0476. The molecule has 160 valence electrons. The van der Waals surface area contributed by atoms with Crippen molar-refractivity contribution in [2.24, 2.45) is 0 Å². The summed E-state index contributed by atoms with van der Waals surface area (Å²) < 4.78 is 30.6. The predicted molar refractivity (Wildman–Crippen MR) is 113 cm³/mol. The molecular formula is C20H31N5O3S. The number of aryl methyl sites for hydroxylation is 1. The van der Waals surface area contributed by atoms with Crippen molar-refractivity contribution in [3.63, 3.8) is 0 Å². The third-order valence-electron chi connectivity index (χ3n) is 5.50. The van der Waals surface area contributed by atoms with E-state index in [9.17, 15) is 8.42 Å². The molecule has 3 rings (SSSR count). The second kappa shape index (κ2) is 9.34. The molecular weight excluding hydrogens is 390 g/mol. The molecule has 1 unspecified atom stereocenters. The van der Waals surface area contributed by atoms with Gasteiger partial charge in [-0.1, -0.05) is 35.0 Å². The molecule has 0 bridgehead atoms. The van der Waals surface area contributed by atoms with E-state index in [0.29, 0.717) is 18.1 Å². The number of nitrogens with zero attached hydrogens (tertiary/aromatic N) is 5. The van der Waals surface area contributed by atoms with Gasteiger partial charge in [0.2, 0.25) is 21.7 Å². The molecule has 1 fully saturated rings. The Bertz CT molecular complexity index is 887. The van der Waals surface area contributed by atoms with Gasteiger partial charge in [0.15, 0.2) is 0 Å². The number of hydrogen-bond acceptors (Lipinski definition) is 7. The maximum atomic E-state index is 11.9. The van der Waals surface area contributed by atoms with Gasteiger partial charge in [0, 0.05) is 45.8 Å². The molecule has 1 aromatic carbocycles. The second-order valence-electron chi connectivity index (χ2n) is 7.83. The predicted octanol–water partition coefficient (Wildman–Crippen LogP) is 2.01. The van der Waals surface area contributed by atoms with Crippen molar-refractivity contribution in [2.45, 2.75) is 26.3 Å². The van der Waals surface area contributed by atoms with Crippen LogP contribution >= 0.6 is 0 Å². The van der Waals surface area contributed by atoms with E-state index in [4.69, 9.17) is 4.52 Å². The molecule has 8 nitrogen and oxygen atoms in total. The van der Waals surface area contributed by atoms with E-state index in [-0.39, 0.29) is 11.8 Å². The Morgan fingerprint density at radius 1 is 1.14 bits per heavy atom. The lowest BCUT2D eigenvalue weighted by Crippen LogP contribution is -2.47. The molecule has 0 amide bonds. The molecule has 2 heterocycles. The smallest absolute Gasteiger partial charge is 0.244 e. The standard InChI is InChI=1S/C20H31N5O3S/c1-16-6-8-18(9-7-16)19-21-20(28-22-19)17(2)25-13-11-24(12-14-25)10-5-15-29(26,27)23(3)4/h6-9,17H,5,10-15H2,1-4H3. The van der Waals surface area contributed by atoms with Gasteiger partial charge in [0.05, 0.1) is 11.8 Å². The van der Waals surface area contributed by atoms with Gasteiger partial charge in [-0.15, -0.1) is 0 Å². The Balaban J connectivity index is 1.49. The first kappa shape index (κ1) is 21.9. The van der Waals surface area contributed by atoms with Crippen LogP contribution in [0.25, 0.3) is 11.4 Å². The first-order valence-electron chi connectivity index (χ1n) is 10.0. The third-order valence-corrected chi connectivity index (χ3v) is 7.41. The van der Waals surface area contributed by atoms with E-state index >= 15 is 0 Å². The van der Waals surface area contributed by atoms with Gasteiger partial charge in [-0.05, 0) is 26.8 Å². The normalized spacial score (nSPS) is 17.7. The van der Waals surface area contributed by atoms with Crippen molar-refractivity contribution >= 4 is 10.0 Å². The van der Waals surface area contributed by atoms with Gasteiger partial charge in [-0.25, -0.2) is 12.7 Å². The summed E-state index contributed by atoms with van der Waals surface area (Å²) >= 11 is 0. The molecule has 0 radical (unpaired) electrons. The largest absolute Gasteiger partial charge is 0.337 e. The van der Waals surface area contributed by atoms with Crippen molar-refractivity contribution in [3.8, 4) is 11.4 Å². The summed E-state index contributed by atoms with van der Waals surface area (Å²) in [5.41, 5.74) is 2.15. The lowest BCUT2D eigenvalue weighted by Gasteiger charge is -2.36. The number of hydrogen-bond donors (Lipinski definition) is 0. The van der Waals surface area contributed by atoms with Crippen LogP contribution in [0.5, 0.6) is 0 Å². The quantitative estimate of drug-likeness (QED) is 0.645. The number of sulfonamides is 1. The van der Waals surface area contributed by atoms with Crippen molar-refractivity contribution in [1.82, 2.24) is 24.2 Å². The molecule has 0 N–H and O–H groups in total. The number of aromatic nitrogens is 2. The lowest BCUT2D eigenvalue weighted by molar-refractivity contribution is 0.0885. The summed E-state index contributed by atoms with van der Waals surface area (Å²) in [6, 6.07) is 8.14. The fourth-order valence-electron chi connectivity index (χ4n) is 3.41. The Hall–Kier alpha value is -1.81. The van der Waals surface area contributed by atoms with Gasteiger partial charge < -0.3 is 9.42 Å². The van der Waals surface area contributed by atoms with Crippen molar-refractivity contribution in [2.75, 3.05) is 52.6 Å². The maximum absolute atomic E-state index is 11.9. The molecule has 1 aliphatic heterocycles. The van der Waals surface area contributed by atoms with Gasteiger partial charge in [-0.3, -0.25) is 4.90 Å². The Morgan fingerprint density at radius 3 is 2.41 bits per heavy atom. The van der Waals surface area contributed by atoms with E-state index in [1.54, 1.807) is 14.1 Å². The molecule has 0 saturated carbocycles. The van der Waals surface area contributed by atoms with Gasteiger partial charge >= 0.3 is 0 Å². The number of benzene rings is 1. The molecule has 1 saturated heterocycles.